The number of nitrogens with one attached hydrogen (secondary N) is 1. The number of azo groups is 1. The number of benzene rings is 1. The summed E-state index contributed by atoms with van der Waals surface area (Å²) in [7, 11) is 0. The molecule has 0 saturated carbocycles. The lowest BCUT2D eigenvalue weighted by Gasteiger charge is -1.93. The Hall–Kier alpha value is -2.54. The van der Waals surface area contributed by atoms with Crippen molar-refractivity contribution in [2.45, 2.75) is 32.1 Å². The highest BCUT2D eigenvalue weighted by Crippen LogP contribution is 2.36. The summed E-state index contributed by atoms with van der Waals surface area (Å²) in [6.07, 6.45) is 5.53. The molecule has 0 unspecified atom stereocenters. The number of thiophene rings is 1. The molecule has 1 amide bonds. The maximum absolute atomic E-state index is 13.4. The van der Waals surface area contributed by atoms with Crippen LogP contribution in [0.5, 0.6) is 5.88 Å². The van der Waals surface area contributed by atoms with Crippen LogP contribution in [0.3, 0.4) is 0 Å². The molecular formula is C18H16FN3O2S. The van der Waals surface area contributed by atoms with Crippen LogP contribution >= 0.6 is 11.3 Å². The van der Waals surface area contributed by atoms with E-state index in [1.54, 1.807) is 0 Å². The number of amides is 1. The van der Waals surface area contributed by atoms with Gasteiger partial charge in [-0.2, -0.15) is 0 Å². The van der Waals surface area contributed by atoms with Crippen molar-refractivity contribution in [1.29, 1.82) is 0 Å². The fourth-order valence-corrected chi connectivity index (χ4v) is 4.29. The van der Waals surface area contributed by atoms with Crippen molar-refractivity contribution >= 4 is 33.8 Å². The zero-order valence-electron chi connectivity index (χ0n) is 13.4. The number of halogens is 1. The van der Waals surface area contributed by atoms with Crippen molar-refractivity contribution in [3.63, 3.8) is 0 Å². The number of aromatic amines is 1. The first kappa shape index (κ1) is 16.0. The van der Waals surface area contributed by atoms with E-state index in [0.29, 0.717) is 15.8 Å². The topological polar surface area (TPSA) is 77.8 Å². The van der Waals surface area contributed by atoms with E-state index in [4.69, 9.17) is 0 Å². The standard InChI is InChI=1S/C18H16FN3O2S/c19-11-6-7-13-12(9-11)16(18(24)20-13)21-22-17(23)15-8-10-4-2-1-3-5-14(10)25-15/h6-9,20,24H,1-5H2. The van der Waals surface area contributed by atoms with E-state index >= 15 is 0 Å². The number of carbonyl (C=O) groups is 1. The Labute approximate surface area is 147 Å². The predicted molar refractivity (Wildman–Crippen MR) is 94.3 cm³/mol. The van der Waals surface area contributed by atoms with Crippen molar-refractivity contribution in [2.75, 3.05) is 0 Å². The Bertz CT molecular complexity index is 966. The number of aromatic nitrogens is 1. The minimum atomic E-state index is -0.448. The van der Waals surface area contributed by atoms with Crippen LogP contribution in [-0.4, -0.2) is 16.0 Å². The van der Waals surface area contributed by atoms with E-state index in [1.807, 2.05) is 6.07 Å². The average molecular weight is 357 g/mol. The van der Waals surface area contributed by atoms with Gasteiger partial charge in [-0.3, -0.25) is 4.79 Å². The average Bonchev–Trinajstić information content (AvgIpc) is 3.05. The summed E-state index contributed by atoms with van der Waals surface area (Å²) < 4.78 is 13.4. The van der Waals surface area contributed by atoms with Crippen LogP contribution < -0.4 is 0 Å². The van der Waals surface area contributed by atoms with Crippen LogP contribution in [0.4, 0.5) is 10.1 Å². The summed E-state index contributed by atoms with van der Waals surface area (Å²) in [4.78, 5) is 16.8. The number of hydrogen-bond acceptors (Lipinski definition) is 4. The largest absolute Gasteiger partial charge is 0.493 e. The summed E-state index contributed by atoms with van der Waals surface area (Å²) in [5.74, 6) is -1.13. The van der Waals surface area contributed by atoms with Gasteiger partial charge >= 0.3 is 5.91 Å². The summed E-state index contributed by atoms with van der Waals surface area (Å²) in [6.45, 7) is 0. The maximum Gasteiger partial charge on any atom is 0.305 e. The van der Waals surface area contributed by atoms with E-state index in [0.717, 1.165) is 25.7 Å². The van der Waals surface area contributed by atoms with Crippen molar-refractivity contribution in [1.82, 2.24) is 4.98 Å². The first-order valence-electron chi connectivity index (χ1n) is 8.19. The van der Waals surface area contributed by atoms with Crippen LogP contribution in [0.1, 0.15) is 39.4 Å². The normalized spacial score (nSPS) is 14.8. The van der Waals surface area contributed by atoms with Crippen molar-refractivity contribution in [3.8, 4) is 5.88 Å². The highest BCUT2D eigenvalue weighted by molar-refractivity contribution is 7.14. The van der Waals surface area contributed by atoms with E-state index in [9.17, 15) is 14.3 Å². The van der Waals surface area contributed by atoms with Crippen LogP contribution in [0.25, 0.3) is 10.9 Å². The Morgan fingerprint density at radius 1 is 1.20 bits per heavy atom. The minimum absolute atomic E-state index is 0.0703. The molecule has 4 rings (SSSR count). The Morgan fingerprint density at radius 2 is 2.04 bits per heavy atom. The maximum atomic E-state index is 13.4. The van der Waals surface area contributed by atoms with Gasteiger partial charge < -0.3 is 10.1 Å². The molecule has 0 saturated heterocycles. The van der Waals surface area contributed by atoms with E-state index in [2.05, 4.69) is 15.2 Å². The van der Waals surface area contributed by atoms with Gasteiger partial charge in [0.2, 0.25) is 5.88 Å². The SMILES string of the molecule is O=C(N=Nc1c(O)[nH]c2ccc(F)cc12)c1cc2c(s1)CCCCC2. The molecule has 0 atom stereocenters. The fraction of sp³-hybridized carbons (Fsp3) is 0.278. The molecule has 0 fully saturated rings. The number of fused-ring (bicyclic) bond motifs is 2. The summed E-state index contributed by atoms with van der Waals surface area (Å²) in [6, 6.07) is 5.93. The highest BCUT2D eigenvalue weighted by Gasteiger charge is 2.17. The van der Waals surface area contributed by atoms with Crippen molar-refractivity contribution in [3.05, 3.63) is 45.4 Å². The van der Waals surface area contributed by atoms with Gasteiger partial charge in [-0.1, -0.05) is 6.42 Å². The van der Waals surface area contributed by atoms with E-state index in [1.165, 1.54) is 46.4 Å². The summed E-state index contributed by atoms with van der Waals surface area (Å²) >= 11 is 1.47. The van der Waals surface area contributed by atoms with Gasteiger partial charge in [0.1, 0.15) is 5.82 Å². The third-order valence-corrected chi connectivity index (χ3v) is 5.64. The molecule has 0 spiro atoms. The monoisotopic (exact) mass is 357 g/mol. The van der Waals surface area contributed by atoms with Crippen molar-refractivity contribution < 1.29 is 14.3 Å². The molecule has 0 aliphatic heterocycles. The molecular weight excluding hydrogens is 341 g/mol. The lowest BCUT2D eigenvalue weighted by atomic mass is 10.1. The van der Waals surface area contributed by atoms with Crippen molar-refractivity contribution in [2.24, 2.45) is 10.2 Å². The number of hydrogen-bond donors (Lipinski definition) is 2. The van der Waals surface area contributed by atoms with E-state index in [-0.39, 0.29) is 11.6 Å². The Balaban J connectivity index is 1.63. The number of aryl methyl sites for hydroxylation is 2. The second-order valence-electron chi connectivity index (χ2n) is 6.14. The molecule has 2 heterocycles. The number of aromatic hydroxyl groups is 1. The Morgan fingerprint density at radius 3 is 2.92 bits per heavy atom. The summed E-state index contributed by atoms with van der Waals surface area (Å²) in [5.41, 5.74) is 1.84. The Kier molecular flexibility index (Phi) is 4.09. The second-order valence-corrected chi connectivity index (χ2v) is 7.27. The molecule has 128 valence electrons. The molecule has 1 aliphatic rings. The number of H-pyrrole nitrogens is 1. The molecule has 3 aromatic rings. The summed E-state index contributed by atoms with van der Waals surface area (Å²) in [5, 5.41) is 17.9. The third-order valence-electron chi connectivity index (χ3n) is 4.41. The van der Waals surface area contributed by atoms with Gasteiger partial charge in [-0.25, -0.2) is 4.39 Å². The second kappa shape index (κ2) is 6.40. The van der Waals surface area contributed by atoms with Crippen LogP contribution in [0.2, 0.25) is 0 Å². The zero-order chi connectivity index (χ0) is 17.4. The quantitative estimate of drug-likeness (QED) is 0.484. The molecule has 2 aromatic heterocycles. The molecule has 2 N–H and O–H groups in total. The van der Waals surface area contributed by atoms with Gasteiger partial charge in [-0.05, 0) is 55.5 Å². The molecule has 1 aromatic carbocycles. The fourth-order valence-electron chi connectivity index (χ4n) is 3.15. The van der Waals surface area contributed by atoms with Gasteiger partial charge in [0, 0.05) is 10.3 Å². The zero-order valence-corrected chi connectivity index (χ0v) is 14.2. The molecule has 5 nitrogen and oxygen atoms in total. The predicted octanol–water partition coefficient (Wildman–Crippen LogP) is 5.27. The van der Waals surface area contributed by atoms with Crippen LogP contribution in [0.15, 0.2) is 34.5 Å². The lowest BCUT2D eigenvalue weighted by molar-refractivity contribution is 0.0999. The molecule has 0 bridgehead atoms. The van der Waals surface area contributed by atoms with E-state index < -0.39 is 11.7 Å². The van der Waals surface area contributed by atoms with Crippen LogP contribution in [0, 0.1) is 5.82 Å². The first-order chi connectivity index (χ1) is 12.1. The smallest absolute Gasteiger partial charge is 0.305 e. The molecule has 1 aliphatic carbocycles. The van der Waals surface area contributed by atoms with Gasteiger partial charge in [0.15, 0.2) is 5.69 Å². The number of rotatable bonds is 2. The lowest BCUT2D eigenvalue weighted by Crippen LogP contribution is -1.89. The van der Waals surface area contributed by atoms with Gasteiger partial charge in [-0.15, -0.1) is 21.6 Å². The highest BCUT2D eigenvalue weighted by atomic mass is 32.1. The number of carbonyl (C=O) groups excluding carboxylic acids is 1. The minimum Gasteiger partial charge on any atom is -0.493 e. The number of nitrogens with zero attached hydrogens (tertiary/aromatic N) is 2. The third kappa shape index (κ3) is 3.07. The van der Waals surface area contributed by atoms with Gasteiger partial charge in [0.05, 0.1) is 10.4 Å². The van der Waals surface area contributed by atoms with Crippen LogP contribution in [-0.2, 0) is 12.8 Å². The molecule has 25 heavy (non-hydrogen) atoms. The molecule has 0 radical (unpaired) electrons. The first-order valence-corrected chi connectivity index (χ1v) is 9.01. The van der Waals surface area contributed by atoms with Gasteiger partial charge in [0.25, 0.3) is 0 Å². The molecule has 7 heteroatoms.